The second kappa shape index (κ2) is 9.47. The maximum Gasteiger partial charge on any atom is 0.331 e. The maximum atomic E-state index is 14.0. The lowest BCUT2D eigenvalue weighted by molar-refractivity contribution is 0.0829. The van der Waals surface area contributed by atoms with Gasteiger partial charge in [0.2, 0.25) is 0 Å². The van der Waals surface area contributed by atoms with E-state index in [2.05, 4.69) is 14.9 Å². The van der Waals surface area contributed by atoms with E-state index in [1.165, 1.54) is 9.47 Å². The minimum atomic E-state index is -0.530. The first kappa shape index (κ1) is 24.7. The van der Waals surface area contributed by atoms with E-state index >= 15 is 0 Å². The van der Waals surface area contributed by atoms with Crippen LogP contribution in [0.15, 0.2) is 40.1 Å². The van der Waals surface area contributed by atoms with Gasteiger partial charge in [-0.25, -0.2) is 14.8 Å². The highest BCUT2D eigenvalue weighted by molar-refractivity contribution is 6.10. The molecule has 4 aromatic rings. The first-order valence-corrected chi connectivity index (χ1v) is 12.5. The van der Waals surface area contributed by atoms with E-state index in [0.717, 1.165) is 28.3 Å². The summed E-state index contributed by atoms with van der Waals surface area (Å²) in [6.45, 7) is 3.57. The predicted molar refractivity (Wildman–Crippen MR) is 143 cm³/mol. The van der Waals surface area contributed by atoms with Crippen molar-refractivity contribution in [1.29, 1.82) is 0 Å². The molecule has 1 aliphatic rings. The van der Waals surface area contributed by atoms with Crippen molar-refractivity contribution in [3.05, 3.63) is 62.7 Å². The number of anilines is 1. The number of para-hydroxylation sites is 1. The van der Waals surface area contributed by atoms with Gasteiger partial charge in [0.1, 0.15) is 22.7 Å². The van der Waals surface area contributed by atoms with Crippen LogP contribution in [0.3, 0.4) is 0 Å². The Morgan fingerprint density at radius 3 is 2.62 bits per heavy atom. The van der Waals surface area contributed by atoms with Crippen molar-refractivity contribution in [3.8, 4) is 0 Å². The summed E-state index contributed by atoms with van der Waals surface area (Å²) in [5.74, 6) is 0.730. The van der Waals surface area contributed by atoms with E-state index in [9.17, 15) is 14.4 Å². The van der Waals surface area contributed by atoms with Gasteiger partial charge in [-0.2, -0.15) is 0 Å². The van der Waals surface area contributed by atoms with Crippen molar-refractivity contribution in [1.82, 2.24) is 28.6 Å². The van der Waals surface area contributed by atoms with E-state index in [1.54, 1.807) is 27.3 Å². The van der Waals surface area contributed by atoms with Crippen LogP contribution in [0.2, 0.25) is 0 Å². The van der Waals surface area contributed by atoms with Gasteiger partial charge in [-0.05, 0) is 25.8 Å². The van der Waals surface area contributed by atoms with Crippen LogP contribution >= 0.6 is 0 Å². The predicted octanol–water partition coefficient (Wildman–Crippen LogP) is 1.14. The van der Waals surface area contributed by atoms with E-state index in [0.29, 0.717) is 47.9 Å². The third-order valence-corrected chi connectivity index (χ3v) is 7.04. The topological polar surface area (TPSA) is 124 Å². The Labute approximate surface area is 213 Å². The van der Waals surface area contributed by atoms with Crippen molar-refractivity contribution in [2.24, 2.45) is 12.8 Å². The summed E-state index contributed by atoms with van der Waals surface area (Å²) in [5, 5.41) is 0.873. The second-order valence-electron chi connectivity index (χ2n) is 9.77. The lowest BCUT2D eigenvalue weighted by atomic mass is 10.1. The van der Waals surface area contributed by atoms with Gasteiger partial charge in [0.25, 0.3) is 11.5 Å². The molecule has 0 saturated carbocycles. The minimum Gasteiger partial charge on any atom is -0.356 e. The van der Waals surface area contributed by atoms with Gasteiger partial charge in [0.15, 0.2) is 0 Å². The average Bonchev–Trinajstić information content (AvgIpc) is 3.24. The Bertz CT molecular complexity index is 1630. The number of aryl methyl sites for hydroxylation is 2. The minimum absolute atomic E-state index is 0.0371. The molecule has 0 aliphatic carbocycles. The Balaban J connectivity index is 1.77. The lowest BCUT2D eigenvalue weighted by Crippen LogP contribution is -2.44. The SMILES string of the molecule is CCn1c(N2CCC[C@@H](N)C2)c(C(=O)N(C)C)c2c1c(=O)n(Cc1ncc3ccccc3n1)c(=O)n2C. The molecule has 11 heteroatoms. The van der Waals surface area contributed by atoms with Crippen LogP contribution in [0.4, 0.5) is 5.82 Å². The normalized spacial score (nSPS) is 16.0. The first-order valence-electron chi connectivity index (χ1n) is 12.5. The van der Waals surface area contributed by atoms with E-state index in [4.69, 9.17) is 5.73 Å². The largest absolute Gasteiger partial charge is 0.356 e. The zero-order valence-electron chi connectivity index (χ0n) is 21.6. The first-order chi connectivity index (χ1) is 17.7. The average molecular weight is 505 g/mol. The number of fused-ring (bicyclic) bond motifs is 2. The molecule has 37 heavy (non-hydrogen) atoms. The molecule has 1 fully saturated rings. The van der Waals surface area contributed by atoms with Crippen LogP contribution in [0.5, 0.6) is 0 Å². The number of rotatable bonds is 5. The van der Waals surface area contributed by atoms with Gasteiger partial charge < -0.3 is 20.1 Å². The molecule has 5 rings (SSSR count). The van der Waals surface area contributed by atoms with Crippen molar-refractivity contribution in [3.63, 3.8) is 0 Å². The summed E-state index contributed by atoms with van der Waals surface area (Å²) in [4.78, 5) is 53.5. The van der Waals surface area contributed by atoms with Gasteiger partial charge in [0.05, 0.1) is 17.6 Å². The summed E-state index contributed by atoms with van der Waals surface area (Å²) in [7, 11) is 4.93. The summed E-state index contributed by atoms with van der Waals surface area (Å²) < 4.78 is 4.39. The monoisotopic (exact) mass is 504 g/mol. The Morgan fingerprint density at radius 1 is 1.16 bits per heavy atom. The molecule has 2 N–H and O–H groups in total. The highest BCUT2D eigenvalue weighted by atomic mass is 16.2. The fourth-order valence-electron chi connectivity index (χ4n) is 5.25. The Hall–Kier alpha value is -3.99. The van der Waals surface area contributed by atoms with Crippen molar-refractivity contribution < 1.29 is 4.79 Å². The molecule has 4 heterocycles. The third-order valence-electron chi connectivity index (χ3n) is 7.04. The number of hydrogen-bond donors (Lipinski definition) is 1. The number of nitrogens with two attached hydrogens (primary N) is 1. The number of carbonyl (C=O) groups is 1. The molecule has 0 spiro atoms. The van der Waals surface area contributed by atoms with E-state index in [-0.39, 0.29) is 18.5 Å². The molecule has 0 bridgehead atoms. The highest BCUT2D eigenvalue weighted by Gasteiger charge is 2.33. The quantitative estimate of drug-likeness (QED) is 0.432. The smallest absolute Gasteiger partial charge is 0.331 e. The molecular formula is C26H32N8O3. The standard InChI is InChI=1S/C26H32N8O3/c1-5-33-22-21(20(24(35)30(2)3)23(33)32-12-8-10-17(27)14-32)31(4)26(37)34(25(22)36)15-19-28-13-16-9-6-7-11-18(16)29-19/h6-7,9,11,13,17H,5,8,10,12,14-15,27H2,1-4H3/t17-/m1/s1. The van der Waals surface area contributed by atoms with Crippen molar-refractivity contribution in [2.45, 2.75) is 38.9 Å². The number of nitrogens with zero attached hydrogens (tertiary/aromatic N) is 7. The highest BCUT2D eigenvalue weighted by Crippen LogP contribution is 2.33. The second-order valence-corrected chi connectivity index (χ2v) is 9.77. The number of benzene rings is 1. The zero-order chi connectivity index (χ0) is 26.4. The molecule has 1 amide bonds. The molecule has 0 unspecified atom stereocenters. The molecule has 194 valence electrons. The number of piperidine rings is 1. The number of hydrogen-bond acceptors (Lipinski definition) is 7. The Morgan fingerprint density at radius 2 is 1.92 bits per heavy atom. The fraction of sp³-hybridized carbons (Fsp3) is 0.423. The van der Waals surface area contributed by atoms with Crippen LogP contribution in [0.1, 0.15) is 35.9 Å². The van der Waals surface area contributed by atoms with Crippen LogP contribution in [0.25, 0.3) is 21.9 Å². The van der Waals surface area contributed by atoms with Gasteiger partial charge in [-0.3, -0.25) is 18.7 Å². The molecule has 0 radical (unpaired) electrons. The Kier molecular flexibility index (Phi) is 6.32. The molecular weight excluding hydrogens is 472 g/mol. The van der Waals surface area contributed by atoms with E-state index < -0.39 is 11.2 Å². The maximum absolute atomic E-state index is 14.0. The summed E-state index contributed by atoms with van der Waals surface area (Å²) in [5.41, 5.74) is 7.01. The molecule has 1 aromatic carbocycles. The fourth-order valence-corrected chi connectivity index (χ4v) is 5.25. The van der Waals surface area contributed by atoms with Crippen molar-refractivity contribution >= 4 is 33.7 Å². The van der Waals surface area contributed by atoms with Crippen LogP contribution in [0, 0.1) is 0 Å². The zero-order valence-corrected chi connectivity index (χ0v) is 21.6. The number of amides is 1. The van der Waals surface area contributed by atoms with Crippen LogP contribution < -0.4 is 21.9 Å². The summed E-state index contributed by atoms with van der Waals surface area (Å²) >= 11 is 0. The van der Waals surface area contributed by atoms with Gasteiger partial charge in [-0.1, -0.05) is 18.2 Å². The van der Waals surface area contributed by atoms with Crippen LogP contribution in [-0.4, -0.2) is 67.7 Å². The van der Waals surface area contributed by atoms with Gasteiger partial charge in [0, 0.05) is 58.4 Å². The molecule has 1 atom stereocenters. The van der Waals surface area contributed by atoms with E-state index in [1.807, 2.05) is 35.8 Å². The van der Waals surface area contributed by atoms with Crippen LogP contribution in [-0.2, 0) is 20.1 Å². The van der Waals surface area contributed by atoms with Crippen molar-refractivity contribution in [2.75, 3.05) is 32.1 Å². The molecule has 11 nitrogen and oxygen atoms in total. The number of carbonyl (C=O) groups excluding carboxylic acids is 1. The molecule has 1 aliphatic heterocycles. The third kappa shape index (κ3) is 4.08. The molecule has 1 saturated heterocycles. The summed E-state index contributed by atoms with van der Waals surface area (Å²) in [6.07, 6.45) is 3.47. The lowest BCUT2D eigenvalue weighted by Gasteiger charge is -2.34. The number of aromatic nitrogens is 5. The summed E-state index contributed by atoms with van der Waals surface area (Å²) in [6, 6.07) is 7.51. The van der Waals surface area contributed by atoms with Gasteiger partial charge in [-0.15, -0.1) is 0 Å². The van der Waals surface area contributed by atoms with Gasteiger partial charge >= 0.3 is 5.69 Å². The molecule has 3 aromatic heterocycles.